The predicted molar refractivity (Wildman–Crippen MR) is 81.6 cm³/mol. The first-order valence-electron chi connectivity index (χ1n) is 7.46. The van der Waals surface area contributed by atoms with Gasteiger partial charge in [-0.3, -0.25) is 9.69 Å². The Morgan fingerprint density at radius 1 is 1.50 bits per heavy atom. The number of rotatable bonds is 3. The van der Waals surface area contributed by atoms with Crippen LogP contribution in [0.1, 0.15) is 37.8 Å². The molecule has 0 saturated carbocycles. The van der Waals surface area contributed by atoms with Gasteiger partial charge in [-0.15, -0.1) is 0 Å². The Kier molecular flexibility index (Phi) is 4.10. The number of thiophene rings is 1. The zero-order chi connectivity index (χ0) is 14.1. The van der Waals surface area contributed by atoms with Crippen molar-refractivity contribution in [1.82, 2.24) is 10.2 Å². The monoisotopic (exact) mass is 293 g/mol. The fourth-order valence-corrected chi connectivity index (χ4v) is 4.37. The Hall–Kier alpha value is -0.910. The maximum absolute atomic E-state index is 11.5. The van der Waals surface area contributed by atoms with Gasteiger partial charge in [0, 0.05) is 31.6 Å². The highest BCUT2D eigenvalue weighted by molar-refractivity contribution is 7.07. The molecular formula is C15H23N3OS. The van der Waals surface area contributed by atoms with Gasteiger partial charge in [0.15, 0.2) is 0 Å². The zero-order valence-corrected chi connectivity index (χ0v) is 12.7. The van der Waals surface area contributed by atoms with Gasteiger partial charge in [0.05, 0.1) is 6.04 Å². The van der Waals surface area contributed by atoms with Crippen LogP contribution in [0.15, 0.2) is 16.8 Å². The first-order chi connectivity index (χ1) is 9.65. The quantitative estimate of drug-likeness (QED) is 0.892. The summed E-state index contributed by atoms with van der Waals surface area (Å²) >= 11 is 1.73. The average Bonchev–Trinajstić information content (AvgIpc) is 2.92. The van der Waals surface area contributed by atoms with Crippen LogP contribution in [0.25, 0.3) is 0 Å². The number of nitrogens with one attached hydrogen (secondary N) is 1. The van der Waals surface area contributed by atoms with E-state index in [0.717, 1.165) is 25.9 Å². The first kappa shape index (κ1) is 14.0. The van der Waals surface area contributed by atoms with Crippen LogP contribution in [0.2, 0.25) is 0 Å². The van der Waals surface area contributed by atoms with E-state index in [4.69, 9.17) is 5.73 Å². The van der Waals surface area contributed by atoms with Crippen molar-refractivity contribution in [2.24, 2.45) is 11.7 Å². The van der Waals surface area contributed by atoms with E-state index in [1.807, 2.05) is 0 Å². The lowest BCUT2D eigenvalue weighted by molar-refractivity contribution is -0.125. The number of hydrogen-bond acceptors (Lipinski definition) is 4. The van der Waals surface area contributed by atoms with E-state index < -0.39 is 0 Å². The molecule has 2 fully saturated rings. The van der Waals surface area contributed by atoms with E-state index in [-0.39, 0.29) is 11.9 Å². The SMILES string of the molecule is CC(N)C(c1ccsc1)N1CCC2NC(=O)CCC2C1. The predicted octanol–water partition coefficient (Wildman–Crippen LogP) is 1.74. The van der Waals surface area contributed by atoms with Crippen LogP contribution in [0, 0.1) is 5.92 Å². The molecule has 0 aliphatic carbocycles. The van der Waals surface area contributed by atoms with Crippen molar-refractivity contribution in [3.8, 4) is 0 Å². The summed E-state index contributed by atoms with van der Waals surface area (Å²) in [7, 11) is 0. The maximum atomic E-state index is 11.5. The van der Waals surface area contributed by atoms with Gasteiger partial charge >= 0.3 is 0 Å². The molecule has 20 heavy (non-hydrogen) atoms. The number of piperidine rings is 2. The van der Waals surface area contributed by atoms with Crippen molar-refractivity contribution in [2.75, 3.05) is 13.1 Å². The number of amides is 1. The number of nitrogens with two attached hydrogens (primary N) is 1. The van der Waals surface area contributed by atoms with E-state index in [9.17, 15) is 4.79 Å². The molecule has 0 radical (unpaired) electrons. The minimum absolute atomic E-state index is 0.124. The van der Waals surface area contributed by atoms with E-state index in [1.165, 1.54) is 5.56 Å². The third-order valence-corrected chi connectivity index (χ3v) is 5.33. The zero-order valence-electron chi connectivity index (χ0n) is 11.9. The lowest BCUT2D eigenvalue weighted by Gasteiger charge is -2.45. The fraction of sp³-hybridized carbons (Fsp3) is 0.667. The van der Waals surface area contributed by atoms with Crippen LogP contribution in [0.5, 0.6) is 0 Å². The molecule has 4 unspecified atom stereocenters. The van der Waals surface area contributed by atoms with Crippen LogP contribution < -0.4 is 11.1 Å². The molecule has 110 valence electrons. The van der Waals surface area contributed by atoms with Crippen molar-refractivity contribution in [2.45, 2.75) is 44.3 Å². The molecule has 2 aliphatic rings. The molecule has 1 aromatic rings. The van der Waals surface area contributed by atoms with E-state index in [0.29, 0.717) is 24.4 Å². The van der Waals surface area contributed by atoms with Gasteiger partial charge in [-0.25, -0.2) is 0 Å². The largest absolute Gasteiger partial charge is 0.353 e. The Labute approximate surface area is 124 Å². The summed E-state index contributed by atoms with van der Waals surface area (Å²) in [6, 6.07) is 3.00. The summed E-state index contributed by atoms with van der Waals surface area (Å²) < 4.78 is 0. The minimum atomic E-state index is 0.124. The number of nitrogens with zero attached hydrogens (tertiary/aromatic N) is 1. The molecule has 1 amide bonds. The van der Waals surface area contributed by atoms with Gasteiger partial charge in [-0.2, -0.15) is 11.3 Å². The van der Waals surface area contributed by atoms with E-state index >= 15 is 0 Å². The normalized spacial score (nSPS) is 30.4. The van der Waals surface area contributed by atoms with Crippen LogP contribution >= 0.6 is 11.3 Å². The highest BCUT2D eigenvalue weighted by Gasteiger charge is 2.37. The Morgan fingerprint density at radius 3 is 3.05 bits per heavy atom. The second-order valence-electron chi connectivity index (χ2n) is 6.12. The van der Waals surface area contributed by atoms with Crippen molar-refractivity contribution in [3.05, 3.63) is 22.4 Å². The molecule has 3 heterocycles. The Bertz CT molecular complexity index is 460. The highest BCUT2D eigenvalue weighted by Crippen LogP contribution is 2.33. The number of carbonyl (C=O) groups excluding carboxylic acids is 1. The first-order valence-corrected chi connectivity index (χ1v) is 8.40. The molecule has 3 N–H and O–H groups in total. The van der Waals surface area contributed by atoms with Crippen molar-refractivity contribution in [3.63, 3.8) is 0 Å². The molecule has 2 saturated heterocycles. The number of hydrogen-bond donors (Lipinski definition) is 2. The second-order valence-corrected chi connectivity index (χ2v) is 6.90. The molecule has 4 atom stereocenters. The Morgan fingerprint density at radius 2 is 2.35 bits per heavy atom. The van der Waals surface area contributed by atoms with Gasteiger partial charge in [0.1, 0.15) is 0 Å². The lowest BCUT2D eigenvalue weighted by Crippen LogP contribution is -2.55. The standard InChI is InChI=1S/C15H23N3OS/c1-10(16)15(12-5-7-20-9-12)18-6-4-13-11(8-18)2-3-14(19)17-13/h5,7,9-11,13,15H,2-4,6,8,16H2,1H3,(H,17,19). The van der Waals surface area contributed by atoms with Crippen LogP contribution in [0.4, 0.5) is 0 Å². The summed E-state index contributed by atoms with van der Waals surface area (Å²) in [6.45, 7) is 4.16. The number of fused-ring (bicyclic) bond motifs is 1. The third-order valence-electron chi connectivity index (χ3n) is 4.63. The highest BCUT2D eigenvalue weighted by atomic mass is 32.1. The van der Waals surface area contributed by atoms with E-state index in [1.54, 1.807) is 11.3 Å². The smallest absolute Gasteiger partial charge is 0.220 e. The van der Waals surface area contributed by atoms with Gasteiger partial charge in [0.25, 0.3) is 0 Å². The van der Waals surface area contributed by atoms with Gasteiger partial charge in [-0.05, 0) is 48.1 Å². The van der Waals surface area contributed by atoms with Crippen LogP contribution in [-0.4, -0.2) is 36.0 Å². The summed E-state index contributed by atoms with van der Waals surface area (Å²) in [6.07, 6.45) is 2.74. The number of carbonyl (C=O) groups is 1. The van der Waals surface area contributed by atoms with Crippen molar-refractivity contribution >= 4 is 17.2 Å². The molecule has 0 spiro atoms. The fourth-order valence-electron chi connectivity index (χ4n) is 3.68. The van der Waals surface area contributed by atoms with Gasteiger partial charge in [0.2, 0.25) is 5.91 Å². The summed E-state index contributed by atoms with van der Waals surface area (Å²) in [5, 5.41) is 7.48. The average molecular weight is 293 g/mol. The summed E-state index contributed by atoms with van der Waals surface area (Å²) in [4.78, 5) is 14.0. The molecule has 0 bridgehead atoms. The lowest BCUT2D eigenvalue weighted by atomic mass is 9.83. The summed E-state index contributed by atoms with van der Waals surface area (Å²) in [5.41, 5.74) is 7.58. The molecule has 4 nitrogen and oxygen atoms in total. The molecule has 1 aromatic heterocycles. The topological polar surface area (TPSA) is 58.4 Å². The molecule has 2 aliphatic heterocycles. The number of likely N-dealkylation sites (tertiary alicyclic amines) is 1. The van der Waals surface area contributed by atoms with Crippen molar-refractivity contribution < 1.29 is 4.79 Å². The molecule has 3 rings (SSSR count). The van der Waals surface area contributed by atoms with Crippen LogP contribution in [0.3, 0.4) is 0 Å². The van der Waals surface area contributed by atoms with Crippen LogP contribution in [-0.2, 0) is 4.79 Å². The third kappa shape index (κ3) is 2.75. The molecule has 0 aromatic carbocycles. The van der Waals surface area contributed by atoms with Gasteiger partial charge < -0.3 is 11.1 Å². The molecule has 5 heteroatoms. The maximum Gasteiger partial charge on any atom is 0.220 e. The molecular weight excluding hydrogens is 270 g/mol. The Balaban J connectivity index is 1.72. The summed E-state index contributed by atoms with van der Waals surface area (Å²) in [5.74, 6) is 0.808. The minimum Gasteiger partial charge on any atom is -0.353 e. The van der Waals surface area contributed by atoms with Crippen molar-refractivity contribution in [1.29, 1.82) is 0 Å². The van der Waals surface area contributed by atoms with Gasteiger partial charge in [-0.1, -0.05) is 0 Å². The second kappa shape index (κ2) is 5.84. The van der Waals surface area contributed by atoms with E-state index in [2.05, 4.69) is 34.0 Å².